The molecule has 2 nitrogen and oxygen atoms in total. The first kappa shape index (κ1) is 25.0. The van der Waals surface area contributed by atoms with Crippen LogP contribution in [0, 0.1) is 23.7 Å². The van der Waals surface area contributed by atoms with Gasteiger partial charge in [-0.2, -0.15) is 22.0 Å². The number of esters is 1. The molecule has 0 heterocycles. The summed E-state index contributed by atoms with van der Waals surface area (Å²) < 4.78 is 69.5. The maximum absolute atomic E-state index is 13.4. The van der Waals surface area contributed by atoms with E-state index in [9.17, 15) is 26.7 Å². The summed E-state index contributed by atoms with van der Waals surface area (Å²) in [6.07, 6.45) is 6.89. The van der Waals surface area contributed by atoms with Crippen molar-refractivity contribution >= 4 is 5.97 Å². The number of alkyl halides is 5. The van der Waals surface area contributed by atoms with E-state index in [4.69, 9.17) is 4.74 Å². The highest BCUT2D eigenvalue weighted by Crippen LogP contribution is 2.45. The molecule has 1 aromatic carbocycles. The Morgan fingerprint density at radius 2 is 1.41 bits per heavy atom. The van der Waals surface area contributed by atoms with E-state index >= 15 is 0 Å². The summed E-state index contributed by atoms with van der Waals surface area (Å²) in [5, 5.41) is 0. The molecule has 2 fully saturated rings. The molecule has 0 aliphatic heterocycles. The minimum absolute atomic E-state index is 0.00995. The van der Waals surface area contributed by atoms with Crippen molar-refractivity contribution < 1.29 is 31.5 Å². The first-order chi connectivity index (χ1) is 15.1. The van der Waals surface area contributed by atoms with Crippen LogP contribution in [0.5, 0.6) is 5.75 Å². The highest BCUT2D eigenvalue weighted by atomic mass is 19.4. The van der Waals surface area contributed by atoms with E-state index in [1.54, 1.807) is 0 Å². The molecule has 0 atom stereocenters. The topological polar surface area (TPSA) is 26.3 Å². The summed E-state index contributed by atoms with van der Waals surface area (Å²) in [5.74, 6) is -3.36. The third-order valence-corrected chi connectivity index (χ3v) is 7.42. The van der Waals surface area contributed by atoms with Gasteiger partial charge in [-0.25, -0.2) is 0 Å². The van der Waals surface area contributed by atoms with E-state index in [1.807, 2.05) is 0 Å². The van der Waals surface area contributed by atoms with Gasteiger partial charge in [-0.3, -0.25) is 4.79 Å². The molecule has 1 aromatic rings. The molecule has 0 amide bonds. The van der Waals surface area contributed by atoms with Gasteiger partial charge in [-0.05, 0) is 80.5 Å². The largest absolute Gasteiger partial charge is 0.458 e. The summed E-state index contributed by atoms with van der Waals surface area (Å²) >= 11 is 0. The monoisotopic (exact) mass is 460 g/mol. The zero-order valence-electron chi connectivity index (χ0n) is 18.6. The molecule has 0 spiro atoms. The Balaban J connectivity index is 1.45. The predicted molar refractivity (Wildman–Crippen MR) is 112 cm³/mol. The molecular weight excluding hydrogens is 427 g/mol. The molecule has 2 saturated carbocycles. The van der Waals surface area contributed by atoms with Crippen LogP contribution in [-0.2, 0) is 10.7 Å². The number of hydrogen-bond donors (Lipinski definition) is 0. The van der Waals surface area contributed by atoms with E-state index in [0.29, 0.717) is 18.1 Å². The first-order valence-corrected chi connectivity index (χ1v) is 11.9. The molecule has 0 saturated heterocycles. The van der Waals surface area contributed by atoms with Crippen LogP contribution in [0.25, 0.3) is 0 Å². The van der Waals surface area contributed by atoms with E-state index in [0.717, 1.165) is 49.7 Å². The molecule has 2 aliphatic carbocycles. The molecule has 7 heteroatoms. The minimum Gasteiger partial charge on any atom is -0.426 e. The number of benzene rings is 1. The quantitative estimate of drug-likeness (QED) is 0.234. The molecule has 0 bridgehead atoms. The third-order valence-electron chi connectivity index (χ3n) is 7.42. The lowest BCUT2D eigenvalue weighted by Gasteiger charge is -2.37. The van der Waals surface area contributed by atoms with Crippen LogP contribution in [0.15, 0.2) is 24.3 Å². The van der Waals surface area contributed by atoms with Gasteiger partial charge < -0.3 is 4.74 Å². The van der Waals surface area contributed by atoms with Crippen molar-refractivity contribution in [3.05, 3.63) is 29.8 Å². The highest BCUT2D eigenvalue weighted by molar-refractivity contribution is 5.75. The summed E-state index contributed by atoms with van der Waals surface area (Å²) in [6, 6.07) is 3.30. The third kappa shape index (κ3) is 6.02. The second-order valence-electron chi connectivity index (χ2n) is 9.55. The summed E-state index contributed by atoms with van der Waals surface area (Å²) in [5.41, 5.74) is -1.17. The lowest BCUT2D eigenvalue weighted by atomic mass is 9.68. The molecule has 32 heavy (non-hydrogen) atoms. The summed E-state index contributed by atoms with van der Waals surface area (Å²) in [6.45, 7) is 2.23. The number of ether oxygens (including phenoxy) is 1. The number of hydrogen-bond acceptors (Lipinski definition) is 2. The fourth-order valence-electron chi connectivity index (χ4n) is 5.36. The van der Waals surface area contributed by atoms with Crippen LogP contribution in [0.4, 0.5) is 22.0 Å². The second kappa shape index (κ2) is 10.5. The lowest BCUT2D eigenvalue weighted by Crippen LogP contribution is -2.33. The van der Waals surface area contributed by atoms with Gasteiger partial charge in [0.15, 0.2) is 0 Å². The molecule has 2 aliphatic rings. The minimum atomic E-state index is -5.67. The average Bonchev–Trinajstić information content (AvgIpc) is 2.78. The Bertz CT molecular complexity index is 728. The van der Waals surface area contributed by atoms with Crippen LogP contribution in [0.3, 0.4) is 0 Å². The Morgan fingerprint density at radius 1 is 0.875 bits per heavy atom. The zero-order chi connectivity index (χ0) is 23.4. The van der Waals surface area contributed by atoms with Crippen molar-refractivity contribution in [1.82, 2.24) is 0 Å². The van der Waals surface area contributed by atoms with Gasteiger partial charge >= 0.3 is 18.1 Å². The number of rotatable bonds is 7. The molecular formula is C25H33F5O2. The molecule has 0 N–H and O–H groups in total. The SMILES string of the molecule is CCCC[C@H]1CC[C@H]([C@H]2CC[C@H](C(=O)Oc3ccc(C(F)(F)C(F)(F)F)cc3)CC2)CC1. The Kier molecular flexibility index (Phi) is 8.21. The fourth-order valence-corrected chi connectivity index (χ4v) is 5.36. The van der Waals surface area contributed by atoms with Crippen LogP contribution >= 0.6 is 0 Å². The smallest absolute Gasteiger partial charge is 0.426 e. The van der Waals surface area contributed by atoms with Crippen molar-refractivity contribution in [1.29, 1.82) is 0 Å². The Morgan fingerprint density at radius 3 is 1.91 bits per heavy atom. The Labute approximate surface area is 186 Å². The van der Waals surface area contributed by atoms with Gasteiger partial charge in [0.05, 0.1) is 5.92 Å². The van der Waals surface area contributed by atoms with Crippen molar-refractivity contribution in [2.45, 2.75) is 89.7 Å². The van der Waals surface area contributed by atoms with Crippen LogP contribution in [0.1, 0.15) is 83.1 Å². The van der Waals surface area contributed by atoms with Crippen molar-refractivity contribution in [3.63, 3.8) is 0 Å². The molecule has 180 valence electrons. The fraction of sp³-hybridized carbons (Fsp3) is 0.720. The lowest BCUT2D eigenvalue weighted by molar-refractivity contribution is -0.289. The Hall–Kier alpha value is -1.66. The normalized spacial score (nSPS) is 27.2. The zero-order valence-corrected chi connectivity index (χ0v) is 18.6. The maximum Gasteiger partial charge on any atom is 0.458 e. The first-order valence-electron chi connectivity index (χ1n) is 11.9. The maximum atomic E-state index is 13.4. The van der Waals surface area contributed by atoms with E-state index in [-0.39, 0.29) is 11.7 Å². The number of carbonyl (C=O) groups is 1. The van der Waals surface area contributed by atoms with Gasteiger partial charge in [-0.15, -0.1) is 0 Å². The van der Waals surface area contributed by atoms with E-state index in [2.05, 4.69) is 6.92 Å². The van der Waals surface area contributed by atoms with E-state index < -0.39 is 23.6 Å². The standard InChI is InChI=1S/C25H33F5O2/c1-2-3-4-17-5-7-18(8-6-17)19-9-11-20(12-10-19)23(31)32-22-15-13-21(14-16-22)24(26,27)25(28,29)30/h13-20H,2-12H2,1H3/t17-,18-,19-,20-. The molecule has 3 rings (SSSR count). The molecule has 0 unspecified atom stereocenters. The van der Waals surface area contributed by atoms with Gasteiger partial charge in [0.2, 0.25) is 0 Å². The number of halogens is 5. The van der Waals surface area contributed by atoms with Gasteiger partial charge in [0, 0.05) is 5.56 Å². The summed E-state index contributed by atoms with van der Waals surface area (Å²) in [7, 11) is 0. The van der Waals surface area contributed by atoms with Gasteiger partial charge in [0.25, 0.3) is 0 Å². The van der Waals surface area contributed by atoms with Crippen LogP contribution in [0.2, 0.25) is 0 Å². The van der Waals surface area contributed by atoms with Crippen molar-refractivity contribution in [3.8, 4) is 5.75 Å². The van der Waals surface area contributed by atoms with Crippen molar-refractivity contribution in [2.24, 2.45) is 23.7 Å². The van der Waals surface area contributed by atoms with Crippen LogP contribution in [-0.4, -0.2) is 12.1 Å². The predicted octanol–water partition coefficient (Wildman–Crippen LogP) is 8.05. The molecule has 0 radical (unpaired) electrons. The number of carbonyl (C=O) groups excluding carboxylic acids is 1. The number of unbranched alkanes of at least 4 members (excludes halogenated alkanes) is 1. The summed E-state index contributed by atoms with van der Waals surface area (Å²) in [4.78, 5) is 12.5. The second-order valence-corrected chi connectivity index (χ2v) is 9.55. The van der Waals surface area contributed by atoms with Crippen molar-refractivity contribution in [2.75, 3.05) is 0 Å². The average molecular weight is 461 g/mol. The van der Waals surface area contributed by atoms with Gasteiger partial charge in [0.1, 0.15) is 5.75 Å². The van der Waals surface area contributed by atoms with E-state index in [1.165, 1.54) is 44.9 Å². The molecule has 0 aromatic heterocycles. The van der Waals surface area contributed by atoms with Crippen LogP contribution < -0.4 is 4.74 Å². The highest BCUT2D eigenvalue weighted by Gasteiger charge is 2.58. The van der Waals surface area contributed by atoms with Gasteiger partial charge in [-0.1, -0.05) is 39.0 Å².